The molecule has 9 heteroatoms. The molecule has 0 spiro atoms. The lowest BCUT2D eigenvalue weighted by Gasteiger charge is -2.12. The number of nitrogens with zero attached hydrogens (tertiary/aromatic N) is 3. The van der Waals surface area contributed by atoms with Crippen molar-refractivity contribution in [2.45, 2.75) is 11.8 Å². The van der Waals surface area contributed by atoms with Crippen LogP contribution in [0.25, 0.3) is 6.08 Å². The van der Waals surface area contributed by atoms with Crippen LogP contribution >= 0.6 is 11.8 Å². The van der Waals surface area contributed by atoms with Gasteiger partial charge in [0.2, 0.25) is 0 Å². The lowest BCUT2D eigenvalue weighted by Crippen LogP contribution is -2.29. The lowest BCUT2D eigenvalue weighted by atomic mass is 10.2. The van der Waals surface area contributed by atoms with Crippen LogP contribution in [0.1, 0.15) is 12.5 Å². The van der Waals surface area contributed by atoms with E-state index in [9.17, 15) is 17.6 Å². The number of hydrogen-bond acceptors (Lipinski definition) is 5. The van der Waals surface area contributed by atoms with Gasteiger partial charge in [0, 0.05) is 26.3 Å². The van der Waals surface area contributed by atoms with E-state index in [1.807, 2.05) is 43.3 Å². The number of anilines is 1. The number of rotatable bonds is 5. The van der Waals surface area contributed by atoms with Gasteiger partial charge in [-0.15, -0.1) is 4.40 Å². The number of likely N-dealkylation sites (N-methyl/N-ethyl adjacent to an activating group) is 1. The Morgan fingerprint density at radius 3 is 2.28 bits per heavy atom. The van der Waals surface area contributed by atoms with Gasteiger partial charge in [-0.3, -0.25) is 9.69 Å². The van der Waals surface area contributed by atoms with Crippen LogP contribution in [0.3, 0.4) is 0 Å². The second-order valence-electron chi connectivity index (χ2n) is 6.45. The third-order valence-electron chi connectivity index (χ3n) is 4.22. The third-order valence-corrected chi connectivity index (χ3v) is 6.62. The molecular weight excluding hydrogens is 413 g/mol. The zero-order valence-electron chi connectivity index (χ0n) is 16.2. The van der Waals surface area contributed by atoms with Gasteiger partial charge in [-0.1, -0.05) is 12.1 Å². The highest BCUT2D eigenvalue weighted by Gasteiger charge is 2.34. The number of carbonyl (C=O) groups excluding carboxylic acids is 1. The molecule has 1 amide bonds. The summed E-state index contributed by atoms with van der Waals surface area (Å²) in [5, 5.41) is 0.0815. The summed E-state index contributed by atoms with van der Waals surface area (Å²) in [6, 6.07) is 12.0. The smallest absolute Gasteiger partial charge is 0.284 e. The predicted octanol–water partition coefficient (Wildman–Crippen LogP) is 3.57. The van der Waals surface area contributed by atoms with Crippen LogP contribution in [0.15, 0.2) is 62.7 Å². The molecule has 1 fully saturated rings. The fourth-order valence-electron chi connectivity index (χ4n) is 2.64. The highest BCUT2D eigenvalue weighted by atomic mass is 32.2. The molecule has 3 rings (SSSR count). The SMILES string of the molecule is CCN1C(=O)/C(=C/c2ccc(N(C)C)cc2)S/C1=N/S(=O)(=O)c1ccc(F)cc1. The third kappa shape index (κ3) is 4.68. The molecule has 1 aliphatic heterocycles. The summed E-state index contributed by atoms with van der Waals surface area (Å²) in [6.45, 7) is 2.02. The molecule has 1 saturated heterocycles. The summed E-state index contributed by atoms with van der Waals surface area (Å²) < 4.78 is 42.0. The Morgan fingerprint density at radius 1 is 1.10 bits per heavy atom. The van der Waals surface area contributed by atoms with Crippen molar-refractivity contribution in [3.63, 3.8) is 0 Å². The van der Waals surface area contributed by atoms with Crippen LogP contribution in [-0.4, -0.2) is 45.0 Å². The molecule has 2 aromatic carbocycles. The van der Waals surface area contributed by atoms with Gasteiger partial charge in [-0.2, -0.15) is 8.42 Å². The number of amides is 1. The molecule has 0 saturated carbocycles. The second-order valence-corrected chi connectivity index (χ2v) is 9.06. The number of thioether (sulfide) groups is 1. The molecule has 152 valence electrons. The molecule has 29 heavy (non-hydrogen) atoms. The quantitative estimate of drug-likeness (QED) is 0.674. The van der Waals surface area contributed by atoms with Gasteiger partial charge in [0.15, 0.2) is 5.17 Å². The van der Waals surface area contributed by atoms with Gasteiger partial charge in [0.05, 0.1) is 9.80 Å². The first-order chi connectivity index (χ1) is 13.7. The molecular formula is C20H20FN3O3S2. The van der Waals surface area contributed by atoms with Crippen LogP contribution in [0, 0.1) is 5.82 Å². The number of sulfonamides is 1. The monoisotopic (exact) mass is 433 g/mol. The largest absolute Gasteiger partial charge is 0.378 e. The summed E-state index contributed by atoms with van der Waals surface area (Å²) in [4.78, 5) is 16.2. The molecule has 0 atom stereocenters. The Bertz CT molecular complexity index is 1080. The Kier molecular flexibility index (Phi) is 6.09. The highest BCUT2D eigenvalue weighted by molar-refractivity contribution is 8.19. The van der Waals surface area contributed by atoms with Crippen LogP contribution in [0.2, 0.25) is 0 Å². The van der Waals surface area contributed by atoms with Crippen LogP contribution in [0.5, 0.6) is 0 Å². The van der Waals surface area contributed by atoms with E-state index in [1.54, 1.807) is 13.0 Å². The van der Waals surface area contributed by atoms with Gasteiger partial charge < -0.3 is 4.90 Å². The van der Waals surface area contributed by atoms with Crippen molar-refractivity contribution >= 4 is 44.6 Å². The second kappa shape index (κ2) is 8.38. The van der Waals surface area contributed by atoms with E-state index in [0.29, 0.717) is 4.91 Å². The minimum atomic E-state index is -4.06. The van der Waals surface area contributed by atoms with Crippen molar-refractivity contribution in [2.75, 3.05) is 25.5 Å². The topological polar surface area (TPSA) is 70.1 Å². The van der Waals surface area contributed by atoms with E-state index in [0.717, 1.165) is 47.3 Å². The summed E-state index contributed by atoms with van der Waals surface area (Å²) in [5.74, 6) is -0.843. The first kappa shape index (κ1) is 21.1. The molecule has 6 nitrogen and oxygen atoms in total. The van der Waals surface area contributed by atoms with Gasteiger partial charge in [-0.25, -0.2) is 4.39 Å². The number of carbonyl (C=O) groups is 1. The molecule has 0 radical (unpaired) electrons. The molecule has 1 aliphatic rings. The van der Waals surface area contributed by atoms with Crippen molar-refractivity contribution in [3.05, 3.63) is 64.8 Å². The van der Waals surface area contributed by atoms with Crippen LogP contribution < -0.4 is 4.90 Å². The van der Waals surface area contributed by atoms with Gasteiger partial charge in [0.25, 0.3) is 15.9 Å². The Labute approximate surface area is 173 Å². The predicted molar refractivity (Wildman–Crippen MR) is 115 cm³/mol. The average molecular weight is 434 g/mol. The maximum atomic E-state index is 13.1. The average Bonchev–Trinajstić information content (AvgIpc) is 2.96. The molecule has 0 aromatic heterocycles. The Hall–Kier alpha value is -2.65. The Balaban J connectivity index is 1.92. The minimum Gasteiger partial charge on any atom is -0.378 e. The normalized spacial score (nSPS) is 17.4. The van der Waals surface area contributed by atoms with E-state index in [4.69, 9.17) is 0 Å². The van der Waals surface area contributed by atoms with E-state index in [-0.39, 0.29) is 22.5 Å². The molecule has 0 aliphatic carbocycles. The van der Waals surface area contributed by atoms with E-state index in [2.05, 4.69) is 4.40 Å². The van der Waals surface area contributed by atoms with Crippen molar-refractivity contribution in [1.82, 2.24) is 4.90 Å². The first-order valence-electron chi connectivity index (χ1n) is 8.80. The summed E-state index contributed by atoms with van der Waals surface area (Å²) >= 11 is 1.01. The van der Waals surface area contributed by atoms with Gasteiger partial charge >= 0.3 is 0 Å². The number of hydrogen-bond donors (Lipinski definition) is 0. The summed E-state index contributed by atoms with van der Waals surface area (Å²) in [5.41, 5.74) is 1.85. The molecule has 0 N–H and O–H groups in total. The standard InChI is InChI=1S/C20H20FN3O3S2/c1-4-24-19(25)18(13-14-5-9-16(10-6-14)23(2)3)28-20(24)22-29(26,27)17-11-7-15(21)8-12-17/h5-13H,4H2,1-3H3/b18-13-,22-20+. The van der Waals surface area contributed by atoms with Crippen LogP contribution in [0.4, 0.5) is 10.1 Å². The molecule has 0 unspecified atom stereocenters. The number of amidine groups is 1. The summed E-state index contributed by atoms with van der Waals surface area (Å²) in [6.07, 6.45) is 1.71. The molecule has 1 heterocycles. The van der Waals surface area contributed by atoms with Crippen molar-refractivity contribution < 1.29 is 17.6 Å². The van der Waals surface area contributed by atoms with Gasteiger partial charge in [0.1, 0.15) is 5.82 Å². The Morgan fingerprint density at radius 2 is 1.72 bits per heavy atom. The number of halogens is 1. The lowest BCUT2D eigenvalue weighted by molar-refractivity contribution is -0.122. The van der Waals surface area contributed by atoms with E-state index in [1.165, 1.54) is 4.90 Å². The highest BCUT2D eigenvalue weighted by Crippen LogP contribution is 2.33. The van der Waals surface area contributed by atoms with Crippen LogP contribution in [-0.2, 0) is 14.8 Å². The zero-order valence-corrected chi connectivity index (χ0v) is 17.8. The van der Waals surface area contributed by atoms with Gasteiger partial charge in [-0.05, 0) is 66.7 Å². The fraction of sp³-hybridized carbons (Fsp3) is 0.200. The maximum absolute atomic E-state index is 13.1. The minimum absolute atomic E-state index is 0.0815. The van der Waals surface area contributed by atoms with Crippen molar-refractivity contribution in [3.8, 4) is 0 Å². The van der Waals surface area contributed by atoms with E-state index >= 15 is 0 Å². The molecule has 2 aromatic rings. The first-order valence-corrected chi connectivity index (χ1v) is 11.1. The van der Waals surface area contributed by atoms with Crippen molar-refractivity contribution in [1.29, 1.82) is 0 Å². The number of benzene rings is 2. The summed E-state index contributed by atoms with van der Waals surface area (Å²) in [7, 11) is -0.189. The fourth-order valence-corrected chi connectivity index (χ4v) is 4.88. The molecule has 0 bridgehead atoms. The van der Waals surface area contributed by atoms with E-state index < -0.39 is 15.8 Å². The van der Waals surface area contributed by atoms with Crippen molar-refractivity contribution in [2.24, 2.45) is 4.40 Å². The maximum Gasteiger partial charge on any atom is 0.284 e. The zero-order chi connectivity index (χ0) is 21.2.